The standard InChI is InChI=1S/C17H15N3O4/c21-17(24-16-8-4-3-7-15(16)20(22)23)18-10-9-12-11-19-14-6-2-1-5-13(12)14/h1-8,11,19H,9-10H2,(H,18,21). The van der Waals surface area contributed by atoms with Crippen molar-refractivity contribution in [2.24, 2.45) is 0 Å². The molecule has 122 valence electrons. The van der Waals surface area contributed by atoms with E-state index >= 15 is 0 Å². The number of hydrogen-bond donors (Lipinski definition) is 2. The smallest absolute Gasteiger partial charge is 0.403 e. The van der Waals surface area contributed by atoms with E-state index in [2.05, 4.69) is 10.3 Å². The number of hydrogen-bond acceptors (Lipinski definition) is 4. The van der Waals surface area contributed by atoms with Gasteiger partial charge in [0.25, 0.3) is 0 Å². The van der Waals surface area contributed by atoms with Gasteiger partial charge in [-0.25, -0.2) is 4.79 Å². The summed E-state index contributed by atoms with van der Waals surface area (Å²) in [4.78, 5) is 25.3. The monoisotopic (exact) mass is 325 g/mol. The average molecular weight is 325 g/mol. The second-order valence-corrected chi connectivity index (χ2v) is 5.15. The third-order valence-electron chi connectivity index (χ3n) is 3.60. The Balaban J connectivity index is 1.58. The molecule has 2 N–H and O–H groups in total. The Bertz CT molecular complexity index is 888. The highest BCUT2D eigenvalue weighted by Gasteiger charge is 2.16. The molecule has 0 aliphatic rings. The molecule has 3 aromatic rings. The van der Waals surface area contributed by atoms with E-state index in [0.29, 0.717) is 13.0 Å². The van der Waals surface area contributed by atoms with E-state index in [1.54, 1.807) is 6.07 Å². The lowest BCUT2D eigenvalue weighted by atomic mass is 10.1. The van der Waals surface area contributed by atoms with Crippen molar-refractivity contribution in [3.63, 3.8) is 0 Å². The number of para-hydroxylation sites is 3. The van der Waals surface area contributed by atoms with Gasteiger partial charge in [0.1, 0.15) is 0 Å². The van der Waals surface area contributed by atoms with Gasteiger partial charge in [0.15, 0.2) is 0 Å². The Hall–Kier alpha value is -3.35. The molecule has 0 bridgehead atoms. The van der Waals surface area contributed by atoms with Crippen molar-refractivity contribution in [1.82, 2.24) is 10.3 Å². The maximum atomic E-state index is 11.8. The van der Waals surface area contributed by atoms with Crippen molar-refractivity contribution < 1.29 is 14.5 Å². The van der Waals surface area contributed by atoms with Gasteiger partial charge in [-0.2, -0.15) is 0 Å². The first-order valence-corrected chi connectivity index (χ1v) is 7.39. The summed E-state index contributed by atoms with van der Waals surface area (Å²) in [7, 11) is 0. The maximum absolute atomic E-state index is 11.8. The van der Waals surface area contributed by atoms with Crippen LogP contribution in [0.4, 0.5) is 10.5 Å². The molecule has 0 aliphatic carbocycles. The summed E-state index contributed by atoms with van der Waals surface area (Å²) in [5, 5.41) is 14.6. The SMILES string of the molecule is O=C(NCCc1c[nH]c2ccccc12)Oc1ccccc1[N+](=O)[O-]. The number of benzene rings is 2. The van der Waals surface area contributed by atoms with Gasteiger partial charge in [-0.1, -0.05) is 30.3 Å². The Kier molecular flexibility index (Phi) is 4.42. The van der Waals surface area contributed by atoms with Gasteiger partial charge in [0.05, 0.1) is 4.92 Å². The number of carbonyl (C=O) groups is 1. The molecule has 1 heterocycles. The summed E-state index contributed by atoms with van der Waals surface area (Å²) in [5.74, 6) is -0.0768. The van der Waals surface area contributed by atoms with Crippen LogP contribution >= 0.6 is 0 Å². The minimum Gasteiger partial charge on any atom is -0.403 e. The molecule has 1 aromatic heterocycles. The third kappa shape index (κ3) is 3.35. The molecule has 0 saturated carbocycles. The summed E-state index contributed by atoms with van der Waals surface area (Å²) in [5.41, 5.74) is 1.87. The van der Waals surface area contributed by atoms with Crippen molar-refractivity contribution in [2.45, 2.75) is 6.42 Å². The summed E-state index contributed by atoms with van der Waals surface area (Å²) in [6.07, 6.45) is 1.81. The van der Waals surface area contributed by atoms with E-state index < -0.39 is 11.0 Å². The number of H-pyrrole nitrogens is 1. The van der Waals surface area contributed by atoms with Gasteiger partial charge < -0.3 is 15.0 Å². The second-order valence-electron chi connectivity index (χ2n) is 5.15. The van der Waals surface area contributed by atoms with E-state index in [9.17, 15) is 14.9 Å². The zero-order valence-corrected chi connectivity index (χ0v) is 12.7. The van der Waals surface area contributed by atoms with Crippen molar-refractivity contribution >= 4 is 22.7 Å². The quantitative estimate of drug-likeness (QED) is 0.555. The van der Waals surface area contributed by atoms with E-state index in [4.69, 9.17) is 4.74 Å². The van der Waals surface area contributed by atoms with E-state index in [1.807, 2.05) is 30.5 Å². The van der Waals surface area contributed by atoms with Crippen LogP contribution in [0.1, 0.15) is 5.56 Å². The molecule has 2 aromatic carbocycles. The fourth-order valence-electron chi connectivity index (χ4n) is 2.47. The predicted molar refractivity (Wildman–Crippen MR) is 89.1 cm³/mol. The highest BCUT2D eigenvalue weighted by Crippen LogP contribution is 2.25. The number of nitro benzene ring substituents is 1. The molecule has 0 atom stereocenters. The van der Waals surface area contributed by atoms with Gasteiger partial charge in [-0.3, -0.25) is 10.1 Å². The molecule has 0 aliphatic heterocycles. The largest absolute Gasteiger partial charge is 0.412 e. The minimum absolute atomic E-state index is 0.0768. The average Bonchev–Trinajstić information content (AvgIpc) is 2.98. The first-order valence-electron chi connectivity index (χ1n) is 7.39. The Morgan fingerprint density at radius 3 is 2.75 bits per heavy atom. The van der Waals surface area contributed by atoms with Crippen LogP contribution in [0.3, 0.4) is 0 Å². The van der Waals surface area contributed by atoms with Crippen LogP contribution in [0.2, 0.25) is 0 Å². The molecule has 0 radical (unpaired) electrons. The van der Waals surface area contributed by atoms with E-state index in [0.717, 1.165) is 16.5 Å². The lowest BCUT2D eigenvalue weighted by Gasteiger charge is -2.06. The van der Waals surface area contributed by atoms with Gasteiger partial charge >= 0.3 is 11.8 Å². The number of nitrogens with zero attached hydrogens (tertiary/aromatic N) is 1. The zero-order chi connectivity index (χ0) is 16.9. The van der Waals surface area contributed by atoms with Gasteiger partial charge in [-0.05, 0) is 24.1 Å². The molecule has 0 spiro atoms. The number of nitrogens with one attached hydrogen (secondary N) is 2. The molecule has 0 saturated heterocycles. The number of rotatable bonds is 5. The lowest BCUT2D eigenvalue weighted by molar-refractivity contribution is -0.385. The number of nitro groups is 1. The molecular weight excluding hydrogens is 310 g/mol. The number of aromatic amines is 1. The van der Waals surface area contributed by atoms with Crippen LogP contribution in [0.25, 0.3) is 10.9 Å². The minimum atomic E-state index is -0.718. The Morgan fingerprint density at radius 1 is 1.17 bits per heavy atom. The molecule has 3 rings (SSSR count). The van der Waals surface area contributed by atoms with Crippen molar-refractivity contribution in [2.75, 3.05) is 6.54 Å². The number of aromatic nitrogens is 1. The fraction of sp³-hybridized carbons (Fsp3) is 0.118. The van der Waals surface area contributed by atoms with Crippen molar-refractivity contribution in [1.29, 1.82) is 0 Å². The number of amides is 1. The molecule has 7 heteroatoms. The molecule has 7 nitrogen and oxygen atoms in total. The van der Waals surface area contributed by atoms with E-state index in [1.165, 1.54) is 18.2 Å². The first kappa shape index (κ1) is 15.5. The van der Waals surface area contributed by atoms with Crippen molar-refractivity contribution in [3.8, 4) is 5.75 Å². The van der Waals surface area contributed by atoms with Crippen LogP contribution in [-0.2, 0) is 6.42 Å². The second kappa shape index (κ2) is 6.82. The van der Waals surface area contributed by atoms with Gasteiger partial charge in [0, 0.05) is 29.7 Å². The maximum Gasteiger partial charge on any atom is 0.412 e. The fourth-order valence-corrected chi connectivity index (χ4v) is 2.47. The normalized spacial score (nSPS) is 10.5. The Morgan fingerprint density at radius 2 is 1.92 bits per heavy atom. The zero-order valence-electron chi connectivity index (χ0n) is 12.7. The number of fused-ring (bicyclic) bond motifs is 1. The van der Waals surface area contributed by atoms with Crippen LogP contribution in [-0.4, -0.2) is 22.5 Å². The molecule has 1 amide bonds. The van der Waals surface area contributed by atoms with Gasteiger partial charge in [0.2, 0.25) is 5.75 Å². The summed E-state index contributed by atoms with van der Waals surface area (Å²) >= 11 is 0. The van der Waals surface area contributed by atoms with Crippen LogP contribution in [0.15, 0.2) is 54.7 Å². The lowest BCUT2D eigenvalue weighted by Crippen LogP contribution is -2.28. The number of ether oxygens (including phenoxy) is 1. The topological polar surface area (TPSA) is 97.3 Å². The molecule has 0 fully saturated rings. The number of carbonyl (C=O) groups excluding carboxylic acids is 1. The van der Waals surface area contributed by atoms with Crippen LogP contribution in [0.5, 0.6) is 5.75 Å². The van der Waals surface area contributed by atoms with Crippen LogP contribution in [0, 0.1) is 10.1 Å². The predicted octanol–water partition coefficient (Wildman–Crippen LogP) is 3.41. The first-order chi connectivity index (χ1) is 11.6. The summed E-state index contributed by atoms with van der Waals surface area (Å²) in [6.45, 7) is 0.362. The third-order valence-corrected chi connectivity index (χ3v) is 3.60. The highest BCUT2D eigenvalue weighted by atomic mass is 16.6. The summed E-state index contributed by atoms with van der Waals surface area (Å²) < 4.78 is 5.01. The highest BCUT2D eigenvalue weighted by molar-refractivity contribution is 5.83. The Labute approximate surface area is 137 Å². The van der Waals surface area contributed by atoms with E-state index in [-0.39, 0.29) is 11.4 Å². The van der Waals surface area contributed by atoms with Gasteiger partial charge in [-0.15, -0.1) is 0 Å². The molecule has 24 heavy (non-hydrogen) atoms. The molecular formula is C17H15N3O4. The van der Waals surface area contributed by atoms with Crippen molar-refractivity contribution in [3.05, 3.63) is 70.4 Å². The summed E-state index contributed by atoms with van der Waals surface area (Å²) in [6, 6.07) is 13.6. The van der Waals surface area contributed by atoms with Crippen LogP contribution < -0.4 is 10.1 Å². The molecule has 0 unspecified atom stereocenters.